The van der Waals surface area contributed by atoms with E-state index < -0.39 is 17.8 Å². The van der Waals surface area contributed by atoms with E-state index in [1.807, 2.05) is 0 Å². The molecular weight excluding hydrogens is 411 g/mol. The number of carbonyl (C=O) groups is 2. The molecule has 9 heteroatoms. The van der Waals surface area contributed by atoms with E-state index in [-0.39, 0.29) is 23.9 Å². The first-order valence-corrected chi connectivity index (χ1v) is 10.4. The van der Waals surface area contributed by atoms with Gasteiger partial charge in [-0.3, -0.25) is 9.59 Å². The number of benzene rings is 1. The summed E-state index contributed by atoms with van der Waals surface area (Å²) in [5, 5.41) is 6.85. The second-order valence-corrected chi connectivity index (χ2v) is 8.27. The van der Waals surface area contributed by atoms with Crippen LogP contribution in [-0.4, -0.2) is 34.0 Å². The van der Waals surface area contributed by atoms with E-state index in [0.29, 0.717) is 48.3 Å². The lowest BCUT2D eigenvalue weighted by molar-refractivity contribution is -0.137. The quantitative estimate of drug-likeness (QED) is 0.762. The van der Waals surface area contributed by atoms with Gasteiger partial charge in [0.05, 0.1) is 29.4 Å². The summed E-state index contributed by atoms with van der Waals surface area (Å²) >= 11 is 0. The smallest absolute Gasteiger partial charge is 0.361 e. The Morgan fingerprint density at radius 1 is 1.26 bits per heavy atom. The van der Waals surface area contributed by atoms with E-state index in [1.165, 1.54) is 6.07 Å². The molecule has 0 radical (unpaired) electrons. The number of rotatable bonds is 2. The highest BCUT2D eigenvalue weighted by Gasteiger charge is 2.46. The summed E-state index contributed by atoms with van der Waals surface area (Å²) in [4.78, 5) is 27.5. The number of aryl methyl sites for hydroxylation is 2. The molecule has 2 aliphatic rings. The topological polar surface area (TPSA) is 75.4 Å². The van der Waals surface area contributed by atoms with Gasteiger partial charge in [0.1, 0.15) is 11.3 Å². The zero-order valence-electron chi connectivity index (χ0n) is 17.3. The van der Waals surface area contributed by atoms with Crippen molar-refractivity contribution in [1.82, 2.24) is 15.4 Å². The monoisotopic (exact) mass is 435 g/mol. The first-order chi connectivity index (χ1) is 14.7. The maximum Gasteiger partial charge on any atom is 0.416 e. The minimum atomic E-state index is -4.49. The molecule has 0 saturated carbocycles. The highest BCUT2D eigenvalue weighted by Crippen LogP contribution is 2.42. The Morgan fingerprint density at radius 3 is 2.71 bits per heavy atom. The van der Waals surface area contributed by atoms with Crippen molar-refractivity contribution >= 4 is 11.8 Å². The summed E-state index contributed by atoms with van der Waals surface area (Å²) in [5.41, 5.74) is 0.397. The molecule has 2 fully saturated rings. The first kappa shape index (κ1) is 21.4. The SMILES string of the molecule is Cc1noc(C)c1C(=O)N1[C@H](c2cccc(C(F)(F)F)c2)C[C@H]2NC(=O)CCCC[C@@H]21. The van der Waals surface area contributed by atoms with Gasteiger partial charge in [-0.25, -0.2) is 0 Å². The standard InChI is InChI=1S/C22H24F3N3O3/c1-12-20(13(2)31-27-12)21(30)28-17-8-3-4-9-19(29)26-16(17)11-18(28)14-6-5-7-15(10-14)22(23,24)25/h5-7,10,16-18H,3-4,8-9,11H2,1-2H3,(H,26,29)/t16-,17+,18+/m1/s1. The van der Waals surface area contributed by atoms with Gasteiger partial charge in [-0.1, -0.05) is 23.7 Å². The van der Waals surface area contributed by atoms with Crippen LogP contribution in [0.1, 0.15) is 71.1 Å². The molecule has 1 aromatic heterocycles. The van der Waals surface area contributed by atoms with Gasteiger partial charge in [-0.2, -0.15) is 13.2 Å². The van der Waals surface area contributed by atoms with Gasteiger partial charge in [0.25, 0.3) is 5.91 Å². The minimum Gasteiger partial charge on any atom is -0.361 e. The van der Waals surface area contributed by atoms with Gasteiger partial charge in [0, 0.05) is 6.42 Å². The maximum atomic E-state index is 13.6. The highest BCUT2D eigenvalue weighted by molar-refractivity contribution is 5.97. The van der Waals surface area contributed by atoms with Crippen LogP contribution in [-0.2, 0) is 11.0 Å². The molecule has 31 heavy (non-hydrogen) atoms. The fourth-order valence-corrected chi connectivity index (χ4v) is 4.78. The van der Waals surface area contributed by atoms with Gasteiger partial charge in [-0.15, -0.1) is 0 Å². The summed E-state index contributed by atoms with van der Waals surface area (Å²) in [6, 6.07) is 3.84. The lowest BCUT2D eigenvalue weighted by Crippen LogP contribution is -2.48. The molecule has 4 rings (SSSR count). The van der Waals surface area contributed by atoms with E-state index >= 15 is 0 Å². The lowest BCUT2D eigenvalue weighted by Gasteiger charge is -2.33. The molecule has 3 atom stereocenters. The van der Waals surface area contributed by atoms with Gasteiger partial charge in [0.15, 0.2) is 0 Å². The number of halogens is 3. The molecule has 6 nitrogen and oxygen atoms in total. The molecule has 2 saturated heterocycles. The fraction of sp³-hybridized carbons (Fsp3) is 0.500. The molecule has 2 amide bonds. The zero-order valence-corrected chi connectivity index (χ0v) is 17.3. The van der Waals surface area contributed by atoms with Gasteiger partial charge < -0.3 is 14.7 Å². The summed E-state index contributed by atoms with van der Waals surface area (Å²) in [6.45, 7) is 3.30. The molecule has 1 N–H and O–H groups in total. The number of carbonyl (C=O) groups excluding carboxylic acids is 2. The first-order valence-electron chi connectivity index (χ1n) is 10.4. The van der Waals surface area contributed by atoms with Crippen molar-refractivity contribution in [3.05, 3.63) is 52.4 Å². The molecule has 0 aliphatic carbocycles. The lowest BCUT2D eigenvalue weighted by atomic mass is 9.97. The third-order valence-electron chi connectivity index (χ3n) is 6.22. The van der Waals surface area contributed by atoms with E-state index in [2.05, 4.69) is 10.5 Å². The number of nitrogens with zero attached hydrogens (tertiary/aromatic N) is 2. The molecule has 0 bridgehead atoms. The van der Waals surface area contributed by atoms with Crippen molar-refractivity contribution in [2.75, 3.05) is 0 Å². The number of alkyl halides is 3. The summed E-state index contributed by atoms with van der Waals surface area (Å²) < 4.78 is 45.2. The molecule has 2 aliphatic heterocycles. The van der Waals surface area contributed by atoms with E-state index in [0.717, 1.165) is 18.6 Å². The van der Waals surface area contributed by atoms with Gasteiger partial charge in [0.2, 0.25) is 5.91 Å². The van der Waals surface area contributed by atoms with Crippen molar-refractivity contribution in [3.63, 3.8) is 0 Å². The average Bonchev–Trinajstić information content (AvgIpc) is 3.22. The average molecular weight is 435 g/mol. The molecule has 1 aromatic carbocycles. The Morgan fingerprint density at radius 2 is 2.03 bits per heavy atom. The Hall–Kier alpha value is -2.84. The minimum absolute atomic E-state index is 0.0934. The Kier molecular flexibility index (Phi) is 5.53. The van der Waals surface area contributed by atoms with Crippen LogP contribution in [0.5, 0.6) is 0 Å². The molecular formula is C22H24F3N3O3. The van der Waals surface area contributed by atoms with Crippen molar-refractivity contribution in [2.24, 2.45) is 0 Å². The van der Waals surface area contributed by atoms with E-state index in [4.69, 9.17) is 4.52 Å². The van der Waals surface area contributed by atoms with Gasteiger partial charge >= 0.3 is 6.18 Å². The predicted molar refractivity (Wildman–Crippen MR) is 105 cm³/mol. The number of likely N-dealkylation sites (tertiary alicyclic amines) is 1. The van der Waals surface area contributed by atoms with Crippen LogP contribution < -0.4 is 5.32 Å². The van der Waals surface area contributed by atoms with Crippen molar-refractivity contribution in [1.29, 1.82) is 0 Å². The normalized spacial score (nSPS) is 24.4. The Bertz CT molecular complexity index is 982. The van der Waals surface area contributed by atoms with Crippen LogP contribution in [0.3, 0.4) is 0 Å². The third-order valence-corrected chi connectivity index (χ3v) is 6.22. The van der Waals surface area contributed by atoms with Crippen LogP contribution in [0, 0.1) is 13.8 Å². The van der Waals surface area contributed by atoms with E-state index in [9.17, 15) is 22.8 Å². The van der Waals surface area contributed by atoms with Crippen LogP contribution in [0.2, 0.25) is 0 Å². The van der Waals surface area contributed by atoms with Gasteiger partial charge in [-0.05, 0) is 50.8 Å². The molecule has 2 aromatic rings. The van der Waals surface area contributed by atoms with Crippen LogP contribution in [0.15, 0.2) is 28.8 Å². The summed E-state index contributed by atoms with van der Waals surface area (Å²) in [6.07, 6.45) is -1.59. The second-order valence-electron chi connectivity index (χ2n) is 8.27. The number of aromatic nitrogens is 1. The molecule has 166 valence electrons. The van der Waals surface area contributed by atoms with Crippen LogP contribution >= 0.6 is 0 Å². The third kappa shape index (κ3) is 4.05. The summed E-state index contributed by atoms with van der Waals surface area (Å²) in [7, 11) is 0. The molecule has 0 spiro atoms. The Balaban J connectivity index is 1.78. The zero-order chi connectivity index (χ0) is 22.3. The number of hydrogen-bond donors (Lipinski definition) is 1. The number of fused-ring (bicyclic) bond motifs is 1. The molecule has 3 heterocycles. The van der Waals surface area contributed by atoms with Crippen molar-refractivity contribution < 1.29 is 27.3 Å². The fourth-order valence-electron chi connectivity index (χ4n) is 4.78. The number of hydrogen-bond acceptors (Lipinski definition) is 4. The number of amides is 2. The van der Waals surface area contributed by atoms with Crippen molar-refractivity contribution in [3.8, 4) is 0 Å². The van der Waals surface area contributed by atoms with Crippen LogP contribution in [0.4, 0.5) is 13.2 Å². The Labute approximate surface area is 177 Å². The predicted octanol–water partition coefficient (Wildman–Crippen LogP) is 4.32. The second kappa shape index (κ2) is 8.01. The highest BCUT2D eigenvalue weighted by atomic mass is 19.4. The maximum absolute atomic E-state index is 13.6. The van der Waals surface area contributed by atoms with E-state index in [1.54, 1.807) is 24.8 Å². The van der Waals surface area contributed by atoms with Crippen LogP contribution in [0.25, 0.3) is 0 Å². The van der Waals surface area contributed by atoms with Crippen molar-refractivity contribution in [2.45, 2.75) is 70.3 Å². The largest absolute Gasteiger partial charge is 0.416 e. The summed E-state index contributed by atoms with van der Waals surface area (Å²) in [5.74, 6) is -0.0614. The number of nitrogens with one attached hydrogen (secondary N) is 1. The molecule has 0 unspecified atom stereocenters.